The zero-order valence-electron chi connectivity index (χ0n) is 12.4. The van der Waals surface area contributed by atoms with Crippen molar-refractivity contribution in [2.45, 2.75) is 59.1 Å². The molecule has 0 aromatic heterocycles. The average molecular weight is 258 g/mol. The van der Waals surface area contributed by atoms with Crippen molar-refractivity contribution >= 4 is 12.0 Å². The number of hydrogen-bond donors (Lipinski definition) is 1. The van der Waals surface area contributed by atoms with Gasteiger partial charge >= 0.3 is 6.09 Å². The molecule has 0 aromatic rings. The van der Waals surface area contributed by atoms with Gasteiger partial charge in [0.15, 0.2) is 0 Å². The molecule has 0 aliphatic heterocycles. The van der Waals surface area contributed by atoms with Crippen LogP contribution in [-0.4, -0.2) is 42.1 Å². The van der Waals surface area contributed by atoms with Crippen LogP contribution < -0.4 is 5.32 Å². The van der Waals surface area contributed by atoms with E-state index in [0.717, 1.165) is 12.8 Å². The van der Waals surface area contributed by atoms with Gasteiger partial charge in [-0.1, -0.05) is 0 Å². The van der Waals surface area contributed by atoms with Crippen LogP contribution in [0, 0.1) is 0 Å². The summed E-state index contributed by atoms with van der Waals surface area (Å²) < 4.78 is 5.24. The second-order valence-electron chi connectivity index (χ2n) is 5.65. The Labute approximate surface area is 110 Å². The van der Waals surface area contributed by atoms with E-state index >= 15 is 0 Å². The van der Waals surface area contributed by atoms with Crippen LogP contribution in [0.4, 0.5) is 4.79 Å². The fraction of sp³-hybridized carbons (Fsp3) is 0.846. The largest absolute Gasteiger partial charge is 0.444 e. The Morgan fingerprint density at radius 2 is 1.89 bits per heavy atom. The number of hydrogen-bond acceptors (Lipinski definition) is 3. The highest BCUT2D eigenvalue weighted by molar-refractivity contribution is 5.73. The van der Waals surface area contributed by atoms with E-state index in [9.17, 15) is 9.59 Å². The molecule has 2 amide bonds. The summed E-state index contributed by atoms with van der Waals surface area (Å²) in [5.41, 5.74) is -0.463. The van der Waals surface area contributed by atoms with Crippen LogP contribution in [0.15, 0.2) is 0 Å². The second kappa shape index (κ2) is 7.24. The van der Waals surface area contributed by atoms with E-state index in [1.54, 1.807) is 11.9 Å². The standard InChI is InChI=1S/C13H26N2O3/c1-10(14-11(2)16)8-7-9-15(6)12(17)18-13(3,4)5/h10H,7-9H2,1-6H3,(H,14,16). The summed E-state index contributed by atoms with van der Waals surface area (Å²) in [4.78, 5) is 24.0. The van der Waals surface area contributed by atoms with Gasteiger partial charge in [0.1, 0.15) is 5.60 Å². The van der Waals surface area contributed by atoms with Crippen molar-refractivity contribution in [3.63, 3.8) is 0 Å². The maximum Gasteiger partial charge on any atom is 0.410 e. The van der Waals surface area contributed by atoms with E-state index in [2.05, 4.69) is 5.32 Å². The van der Waals surface area contributed by atoms with Gasteiger partial charge in [-0.3, -0.25) is 4.79 Å². The van der Waals surface area contributed by atoms with E-state index in [4.69, 9.17) is 4.74 Å². The molecule has 5 nitrogen and oxygen atoms in total. The molecule has 18 heavy (non-hydrogen) atoms. The topological polar surface area (TPSA) is 58.6 Å². The molecule has 0 aromatic carbocycles. The lowest BCUT2D eigenvalue weighted by atomic mass is 10.2. The first-order valence-electron chi connectivity index (χ1n) is 6.33. The van der Waals surface area contributed by atoms with Crippen LogP contribution in [0.5, 0.6) is 0 Å². The first-order chi connectivity index (χ1) is 8.11. The summed E-state index contributed by atoms with van der Waals surface area (Å²) in [5.74, 6) is -0.0250. The van der Waals surface area contributed by atoms with Gasteiger partial charge in [0.25, 0.3) is 0 Å². The zero-order chi connectivity index (χ0) is 14.3. The second-order valence-corrected chi connectivity index (χ2v) is 5.65. The molecule has 0 rings (SSSR count). The minimum Gasteiger partial charge on any atom is -0.444 e. The smallest absolute Gasteiger partial charge is 0.410 e. The van der Waals surface area contributed by atoms with Crippen molar-refractivity contribution in [1.82, 2.24) is 10.2 Å². The van der Waals surface area contributed by atoms with Gasteiger partial charge in [0.05, 0.1) is 0 Å². The van der Waals surface area contributed by atoms with Crippen LogP contribution in [-0.2, 0) is 9.53 Å². The Balaban J connectivity index is 3.86. The van der Waals surface area contributed by atoms with Gasteiger partial charge in [-0.05, 0) is 40.5 Å². The average Bonchev–Trinajstić information content (AvgIpc) is 2.13. The van der Waals surface area contributed by atoms with Gasteiger partial charge in [-0.25, -0.2) is 4.79 Å². The predicted molar refractivity (Wildman–Crippen MR) is 71.4 cm³/mol. The normalized spacial score (nSPS) is 12.8. The van der Waals surface area contributed by atoms with Crippen molar-refractivity contribution in [2.75, 3.05) is 13.6 Å². The molecule has 0 aliphatic carbocycles. The quantitative estimate of drug-likeness (QED) is 0.822. The molecule has 0 saturated carbocycles. The molecular formula is C13H26N2O3. The molecule has 106 valence electrons. The number of rotatable bonds is 5. The molecule has 1 atom stereocenters. The van der Waals surface area contributed by atoms with Crippen LogP contribution in [0.3, 0.4) is 0 Å². The summed E-state index contributed by atoms with van der Waals surface area (Å²) >= 11 is 0. The monoisotopic (exact) mass is 258 g/mol. The maximum absolute atomic E-state index is 11.6. The Hall–Kier alpha value is -1.26. The summed E-state index contributed by atoms with van der Waals surface area (Å²) in [6.45, 7) is 9.61. The minimum atomic E-state index is -0.463. The maximum atomic E-state index is 11.6. The number of carbonyl (C=O) groups is 2. The summed E-state index contributed by atoms with van der Waals surface area (Å²) in [7, 11) is 1.72. The SMILES string of the molecule is CC(=O)NC(C)CCCN(C)C(=O)OC(C)(C)C. The van der Waals surface area contributed by atoms with E-state index in [1.807, 2.05) is 27.7 Å². The summed E-state index contributed by atoms with van der Waals surface area (Å²) in [5, 5.41) is 2.81. The van der Waals surface area contributed by atoms with Gasteiger partial charge in [-0.2, -0.15) is 0 Å². The fourth-order valence-corrected chi connectivity index (χ4v) is 1.48. The summed E-state index contributed by atoms with van der Waals surface area (Å²) in [6.07, 6.45) is 1.36. The predicted octanol–water partition coefficient (Wildman–Crippen LogP) is 2.16. The van der Waals surface area contributed by atoms with Crippen molar-refractivity contribution in [2.24, 2.45) is 0 Å². The highest BCUT2D eigenvalue weighted by atomic mass is 16.6. The van der Waals surface area contributed by atoms with Crippen LogP contribution in [0.1, 0.15) is 47.5 Å². The van der Waals surface area contributed by atoms with E-state index in [-0.39, 0.29) is 18.0 Å². The van der Waals surface area contributed by atoms with Crippen LogP contribution >= 0.6 is 0 Å². The van der Waals surface area contributed by atoms with Crippen molar-refractivity contribution in [1.29, 1.82) is 0 Å². The Morgan fingerprint density at radius 3 is 2.33 bits per heavy atom. The number of amides is 2. The van der Waals surface area contributed by atoms with Crippen molar-refractivity contribution in [3.8, 4) is 0 Å². The number of ether oxygens (including phenoxy) is 1. The number of nitrogens with one attached hydrogen (secondary N) is 1. The Morgan fingerprint density at radius 1 is 1.33 bits per heavy atom. The first-order valence-corrected chi connectivity index (χ1v) is 6.33. The minimum absolute atomic E-state index is 0.0250. The van der Waals surface area contributed by atoms with E-state index < -0.39 is 5.60 Å². The first kappa shape index (κ1) is 16.7. The number of nitrogens with zero attached hydrogens (tertiary/aromatic N) is 1. The highest BCUT2D eigenvalue weighted by Crippen LogP contribution is 2.09. The molecule has 0 radical (unpaired) electrons. The molecule has 1 N–H and O–H groups in total. The number of carbonyl (C=O) groups excluding carboxylic acids is 2. The molecule has 0 fully saturated rings. The Kier molecular flexibility index (Phi) is 6.73. The molecule has 0 saturated heterocycles. The van der Waals surface area contributed by atoms with E-state index in [0.29, 0.717) is 6.54 Å². The van der Waals surface area contributed by atoms with Crippen LogP contribution in [0.2, 0.25) is 0 Å². The van der Waals surface area contributed by atoms with Gasteiger partial charge in [-0.15, -0.1) is 0 Å². The van der Waals surface area contributed by atoms with Crippen LogP contribution in [0.25, 0.3) is 0 Å². The third-order valence-corrected chi connectivity index (χ3v) is 2.29. The third-order valence-electron chi connectivity index (χ3n) is 2.29. The molecular weight excluding hydrogens is 232 g/mol. The molecule has 1 unspecified atom stereocenters. The highest BCUT2D eigenvalue weighted by Gasteiger charge is 2.19. The van der Waals surface area contributed by atoms with Crippen molar-refractivity contribution < 1.29 is 14.3 Å². The molecule has 0 bridgehead atoms. The molecule has 0 aliphatic rings. The van der Waals surface area contributed by atoms with E-state index in [1.165, 1.54) is 6.92 Å². The lowest BCUT2D eigenvalue weighted by molar-refractivity contribution is -0.119. The van der Waals surface area contributed by atoms with Gasteiger partial charge in [0, 0.05) is 26.6 Å². The molecule has 5 heteroatoms. The van der Waals surface area contributed by atoms with Crippen molar-refractivity contribution in [3.05, 3.63) is 0 Å². The zero-order valence-corrected chi connectivity index (χ0v) is 12.4. The summed E-state index contributed by atoms with van der Waals surface area (Å²) in [6, 6.07) is 0.134. The third kappa shape index (κ3) is 8.84. The molecule has 0 heterocycles. The lowest BCUT2D eigenvalue weighted by Crippen LogP contribution is -2.36. The van der Waals surface area contributed by atoms with Gasteiger partial charge in [0.2, 0.25) is 5.91 Å². The lowest BCUT2D eigenvalue weighted by Gasteiger charge is -2.25. The Bertz CT molecular complexity index is 284. The molecule has 0 spiro atoms. The fourth-order valence-electron chi connectivity index (χ4n) is 1.48. The van der Waals surface area contributed by atoms with Gasteiger partial charge < -0.3 is 15.0 Å².